The standard InChI is InChI=1S/C14H21ClN2O/c1-11(12-6-4-7-13(15)10-12)17(3)14(18)8-5-9-16-2/h4,6-7,10-11,16H,5,8-9H2,1-3H3. The summed E-state index contributed by atoms with van der Waals surface area (Å²) in [7, 11) is 3.73. The summed E-state index contributed by atoms with van der Waals surface area (Å²) < 4.78 is 0. The molecular weight excluding hydrogens is 248 g/mol. The smallest absolute Gasteiger partial charge is 0.222 e. The molecule has 1 N–H and O–H groups in total. The second-order valence-electron chi connectivity index (χ2n) is 4.44. The summed E-state index contributed by atoms with van der Waals surface area (Å²) in [6.07, 6.45) is 1.43. The number of carbonyl (C=O) groups is 1. The molecule has 0 heterocycles. The molecule has 18 heavy (non-hydrogen) atoms. The minimum atomic E-state index is 0.0470. The second kappa shape index (κ2) is 7.39. The van der Waals surface area contributed by atoms with Crippen molar-refractivity contribution in [3.8, 4) is 0 Å². The van der Waals surface area contributed by atoms with Crippen LogP contribution in [0.15, 0.2) is 24.3 Å². The Kier molecular flexibility index (Phi) is 6.16. The molecule has 0 spiro atoms. The predicted molar refractivity (Wildman–Crippen MR) is 75.8 cm³/mol. The van der Waals surface area contributed by atoms with Crippen LogP contribution in [0.1, 0.15) is 31.4 Å². The van der Waals surface area contributed by atoms with E-state index in [1.807, 2.05) is 45.3 Å². The fourth-order valence-electron chi connectivity index (χ4n) is 1.80. The van der Waals surface area contributed by atoms with Gasteiger partial charge in [0.15, 0.2) is 0 Å². The van der Waals surface area contributed by atoms with Gasteiger partial charge in [0.05, 0.1) is 6.04 Å². The highest BCUT2D eigenvalue weighted by atomic mass is 35.5. The molecule has 100 valence electrons. The van der Waals surface area contributed by atoms with Crippen LogP contribution in [0.5, 0.6) is 0 Å². The van der Waals surface area contributed by atoms with Gasteiger partial charge in [-0.1, -0.05) is 23.7 Å². The van der Waals surface area contributed by atoms with Crippen LogP contribution in [0, 0.1) is 0 Å². The Morgan fingerprint density at radius 1 is 1.50 bits per heavy atom. The first-order valence-electron chi connectivity index (χ1n) is 6.22. The average Bonchev–Trinajstić information content (AvgIpc) is 2.37. The van der Waals surface area contributed by atoms with Crippen LogP contribution >= 0.6 is 11.6 Å². The largest absolute Gasteiger partial charge is 0.339 e. The number of carbonyl (C=O) groups excluding carboxylic acids is 1. The van der Waals surface area contributed by atoms with Crippen molar-refractivity contribution in [3.63, 3.8) is 0 Å². The van der Waals surface area contributed by atoms with Gasteiger partial charge in [-0.15, -0.1) is 0 Å². The minimum Gasteiger partial charge on any atom is -0.339 e. The molecule has 0 fully saturated rings. The zero-order chi connectivity index (χ0) is 13.5. The lowest BCUT2D eigenvalue weighted by Gasteiger charge is -2.25. The normalized spacial score (nSPS) is 12.2. The molecule has 0 saturated heterocycles. The quantitative estimate of drug-likeness (QED) is 0.805. The van der Waals surface area contributed by atoms with E-state index in [0.29, 0.717) is 11.4 Å². The Morgan fingerprint density at radius 3 is 2.83 bits per heavy atom. The molecule has 1 rings (SSSR count). The van der Waals surface area contributed by atoms with Crippen molar-refractivity contribution in [2.24, 2.45) is 0 Å². The lowest BCUT2D eigenvalue weighted by molar-refractivity contribution is -0.131. The Labute approximate surface area is 114 Å². The zero-order valence-corrected chi connectivity index (χ0v) is 12.0. The molecule has 1 amide bonds. The van der Waals surface area contributed by atoms with Crippen LogP contribution in [0.3, 0.4) is 0 Å². The van der Waals surface area contributed by atoms with Crippen molar-refractivity contribution in [2.45, 2.75) is 25.8 Å². The Morgan fingerprint density at radius 2 is 2.22 bits per heavy atom. The maximum Gasteiger partial charge on any atom is 0.222 e. The summed E-state index contributed by atoms with van der Waals surface area (Å²) in [6.45, 7) is 2.88. The van der Waals surface area contributed by atoms with E-state index < -0.39 is 0 Å². The number of hydrogen-bond donors (Lipinski definition) is 1. The number of nitrogens with zero attached hydrogens (tertiary/aromatic N) is 1. The Bertz CT molecular complexity index is 395. The van der Waals surface area contributed by atoms with Gasteiger partial charge < -0.3 is 10.2 Å². The Hall–Kier alpha value is -1.06. The highest BCUT2D eigenvalue weighted by Crippen LogP contribution is 2.22. The molecule has 1 unspecified atom stereocenters. The van der Waals surface area contributed by atoms with Gasteiger partial charge in [0.1, 0.15) is 0 Å². The van der Waals surface area contributed by atoms with Crippen LogP contribution in [0.2, 0.25) is 5.02 Å². The third-order valence-electron chi connectivity index (χ3n) is 3.12. The predicted octanol–water partition coefficient (Wildman–Crippen LogP) is 2.86. The van der Waals surface area contributed by atoms with Crippen molar-refractivity contribution >= 4 is 17.5 Å². The number of hydrogen-bond acceptors (Lipinski definition) is 2. The van der Waals surface area contributed by atoms with E-state index in [4.69, 9.17) is 11.6 Å². The molecule has 0 aliphatic heterocycles. The lowest BCUT2D eigenvalue weighted by atomic mass is 10.1. The van der Waals surface area contributed by atoms with E-state index in [0.717, 1.165) is 18.5 Å². The van der Waals surface area contributed by atoms with Crippen molar-refractivity contribution in [2.75, 3.05) is 20.6 Å². The van der Waals surface area contributed by atoms with Crippen LogP contribution in [0.4, 0.5) is 0 Å². The third-order valence-corrected chi connectivity index (χ3v) is 3.36. The summed E-state index contributed by atoms with van der Waals surface area (Å²) in [6, 6.07) is 7.70. The summed E-state index contributed by atoms with van der Waals surface area (Å²) in [5.41, 5.74) is 1.06. The van der Waals surface area contributed by atoms with E-state index in [1.54, 1.807) is 4.90 Å². The molecule has 1 aromatic carbocycles. The maximum absolute atomic E-state index is 12.0. The fraction of sp³-hybridized carbons (Fsp3) is 0.500. The molecule has 0 aromatic heterocycles. The van der Waals surface area contributed by atoms with E-state index in [-0.39, 0.29) is 11.9 Å². The monoisotopic (exact) mass is 268 g/mol. The van der Waals surface area contributed by atoms with Gasteiger partial charge in [0, 0.05) is 18.5 Å². The van der Waals surface area contributed by atoms with Gasteiger partial charge in [0.25, 0.3) is 0 Å². The van der Waals surface area contributed by atoms with Crippen LogP contribution in [0.25, 0.3) is 0 Å². The van der Waals surface area contributed by atoms with Gasteiger partial charge in [0.2, 0.25) is 5.91 Å². The molecular formula is C14H21ClN2O. The minimum absolute atomic E-state index is 0.0470. The number of halogens is 1. The Balaban J connectivity index is 2.60. The molecule has 0 aliphatic rings. The van der Waals surface area contributed by atoms with Crippen LogP contribution in [-0.2, 0) is 4.79 Å². The third kappa shape index (κ3) is 4.31. The maximum atomic E-state index is 12.0. The van der Waals surface area contributed by atoms with Gasteiger partial charge in [-0.3, -0.25) is 4.79 Å². The highest BCUT2D eigenvalue weighted by molar-refractivity contribution is 6.30. The van der Waals surface area contributed by atoms with E-state index in [9.17, 15) is 4.79 Å². The number of amides is 1. The van der Waals surface area contributed by atoms with E-state index >= 15 is 0 Å². The zero-order valence-electron chi connectivity index (χ0n) is 11.2. The van der Waals surface area contributed by atoms with Crippen LogP contribution < -0.4 is 5.32 Å². The van der Waals surface area contributed by atoms with Gasteiger partial charge in [-0.25, -0.2) is 0 Å². The molecule has 3 nitrogen and oxygen atoms in total. The first kappa shape index (κ1) is 15.0. The lowest BCUT2D eigenvalue weighted by Crippen LogP contribution is -2.30. The molecule has 1 atom stereocenters. The molecule has 0 saturated carbocycles. The van der Waals surface area contributed by atoms with Crippen molar-refractivity contribution in [1.29, 1.82) is 0 Å². The molecule has 4 heteroatoms. The second-order valence-corrected chi connectivity index (χ2v) is 4.88. The van der Waals surface area contributed by atoms with Crippen molar-refractivity contribution < 1.29 is 4.79 Å². The summed E-state index contributed by atoms with van der Waals surface area (Å²) >= 11 is 5.96. The van der Waals surface area contributed by atoms with Gasteiger partial charge >= 0.3 is 0 Å². The SMILES string of the molecule is CNCCCC(=O)N(C)C(C)c1cccc(Cl)c1. The van der Waals surface area contributed by atoms with Gasteiger partial charge in [-0.2, -0.15) is 0 Å². The molecule has 0 aliphatic carbocycles. The summed E-state index contributed by atoms with van der Waals surface area (Å²) in [5.74, 6) is 0.165. The van der Waals surface area contributed by atoms with E-state index in [2.05, 4.69) is 5.32 Å². The molecule has 0 radical (unpaired) electrons. The summed E-state index contributed by atoms with van der Waals surface area (Å²) in [5, 5.41) is 3.75. The van der Waals surface area contributed by atoms with Crippen LogP contribution in [-0.4, -0.2) is 31.4 Å². The summed E-state index contributed by atoms with van der Waals surface area (Å²) in [4.78, 5) is 13.8. The fourth-order valence-corrected chi connectivity index (χ4v) is 2.00. The first-order valence-corrected chi connectivity index (χ1v) is 6.59. The van der Waals surface area contributed by atoms with E-state index in [1.165, 1.54) is 0 Å². The number of nitrogens with one attached hydrogen (secondary N) is 1. The number of benzene rings is 1. The first-order chi connectivity index (χ1) is 8.56. The molecule has 0 bridgehead atoms. The molecule has 1 aromatic rings. The highest BCUT2D eigenvalue weighted by Gasteiger charge is 2.16. The van der Waals surface area contributed by atoms with Crippen molar-refractivity contribution in [3.05, 3.63) is 34.9 Å². The average molecular weight is 269 g/mol. The van der Waals surface area contributed by atoms with Gasteiger partial charge in [-0.05, 0) is 44.6 Å². The topological polar surface area (TPSA) is 32.3 Å². The number of rotatable bonds is 6. The van der Waals surface area contributed by atoms with Crippen molar-refractivity contribution in [1.82, 2.24) is 10.2 Å².